The van der Waals surface area contributed by atoms with E-state index in [0.29, 0.717) is 6.42 Å². The number of hydrogen-bond acceptors (Lipinski definition) is 4. The standard InChI is InChI=1S/C14H19N3O4S/c1-9(17(7-12(18)19)8-13(20)21)6-10-2-4-11(5-3-10)16-14(15)22/h2-5,9H,6-8H2,1H3,(H,18,19)(H,20,21)(H3,15,16,22). The fourth-order valence-corrected chi connectivity index (χ4v) is 2.17. The highest BCUT2D eigenvalue weighted by atomic mass is 32.1. The van der Waals surface area contributed by atoms with E-state index in [9.17, 15) is 9.59 Å². The lowest BCUT2D eigenvalue weighted by Gasteiger charge is -2.25. The Kier molecular flexibility index (Phi) is 6.74. The maximum Gasteiger partial charge on any atom is 0.317 e. The molecule has 8 heteroatoms. The summed E-state index contributed by atoms with van der Waals surface area (Å²) in [6.07, 6.45) is 0.536. The van der Waals surface area contributed by atoms with Crippen molar-refractivity contribution in [2.45, 2.75) is 19.4 Å². The molecule has 0 aliphatic carbocycles. The van der Waals surface area contributed by atoms with Crippen molar-refractivity contribution in [1.29, 1.82) is 0 Å². The van der Waals surface area contributed by atoms with Gasteiger partial charge in [0.2, 0.25) is 0 Å². The Hall–Kier alpha value is -2.19. The number of rotatable bonds is 8. The lowest BCUT2D eigenvalue weighted by Crippen LogP contribution is -2.41. The van der Waals surface area contributed by atoms with Gasteiger partial charge in [-0.3, -0.25) is 14.5 Å². The highest BCUT2D eigenvalue weighted by Gasteiger charge is 2.19. The van der Waals surface area contributed by atoms with E-state index in [1.165, 1.54) is 4.90 Å². The summed E-state index contributed by atoms with van der Waals surface area (Å²) in [5.41, 5.74) is 7.10. The van der Waals surface area contributed by atoms with E-state index in [1.54, 1.807) is 19.1 Å². The molecule has 0 bridgehead atoms. The molecule has 0 amide bonds. The van der Waals surface area contributed by atoms with Crippen molar-refractivity contribution in [3.63, 3.8) is 0 Å². The predicted octanol–water partition coefficient (Wildman–Crippen LogP) is 0.744. The number of nitrogens with two attached hydrogens (primary N) is 1. The zero-order valence-electron chi connectivity index (χ0n) is 12.2. The van der Waals surface area contributed by atoms with Gasteiger partial charge in [-0.1, -0.05) is 12.1 Å². The summed E-state index contributed by atoms with van der Waals surface area (Å²) in [4.78, 5) is 23.1. The summed E-state index contributed by atoms with van der Waals surface area (Å²) >= 11 is 4.74. The van der Waals surface area contributed by atoms with Gasteiger partial charge in [-0.2, -0.15) is 0 Å². The molecular weight excluding hydrogens is 306 g/mol. The van der Waals surface area contributed by atoms with Gasteiger partial charge in [0.25, 0.3) is 0 Å². The molecule has 22 heavy (non-hydrogen) atoms. The number of carboxylic acid groups (broad SMARTS) is 2. The normalized spacial score (nSPS) is 11.9. The van der Waals surface area contributed by atoms with Crippen LogP contribution in [0.25, 0.3) is 0 Å². The maximum absolute atomic E-state index is 10.8. The maximum atomic E-state index is 10.8. The molecule has 0 aromatic heterocycles. The molecule has 1 unspecified atom stereocenters. The second-order valence-corrected chi connectivity index (χ2v) is 5.37. The monoisotopic (exact) mass is 325 g/mol. The molecular formula is C14H19N3O4S. The fourth-order valence-electron chi connectivity index (χ4n) is 2.05. The predicted molar refractivity (Wildman–Crippen MR) is 86.9 cm³/mol. The number of benzene rings is 1. The molecule has 1 atom stereocenters. The summed E-state index contributed by atoms with van der Waals surface area (Å²) < 4.78 is 0. The van der Waals surface area contributed by atoms with Crippen molar-refractivity contribution in [2.75, 3.05) is 18.4 Å². The topological polar surface area (TPSA) is 116 Å². The molecule has 0 radical (unpaired) electrons. The van der Waals surface area contributed by atoms with E-state index < -0.39 is 11.9 Å². The van der Waals surface area contributed by atoms with E-state index in [0.717, 1.165) is 11.3 Å². The highest BCUT2D eigenvalue weighted by molar-refractivity contribution is 7.80. The largest absolute Gasteiger partial charge is 0.480 e. The number of aliphatic carboxylic acids is 2. The van der Waals surface area contributed by atoms with Gasteiger partial charge >= 0.3 is 11.9 Å². The Bertz CT molecular complexity index is 532. The van der Waals surface area contributed by atoms with Gasteiger partial charge in [-0.15, -0.1) is 0 Å². The minimum Gasteiger partial charge on any atom is -0.480 e. The molecule has 0 spiro atoms. The summed E-state index contributed by atoms with van der Waals surface area (Å²) in [7, 11) is 0. The van der Waals surface area contributed by atoms with Gasteiger partial charge in [0, 0.05) is 11.7 Å². The van der Waals surface area contributed by atoms with Gasteiger partial charge in [0.15, 0.2) is 5.11 Å². The van der Waals surface area contributed by atoms with Crippen LogP contribution >= 0.6 is 12.2 Å². The van der Waals surface area contributed by atoms with Crippen molar-refractivity contribution in [3.8, 4) is 0 Å². The number of thiocarbonyl (C=S) groups is 1. The summed E-state index contributed by atoms with van der Waals surface area (Å²) in [5.74, 6) is -2.10. The molecule has 0 fully saturated rings. The molecule has 0 saturated carbocycles. The van der Waals surface area contributed by atoms with Gasteiger partial charge in [0.05, 0.1) is 13.1 Å². The molecule has 0 heterocycles. The van der Waals surface area contributed by atoms with Crippen molar-refractivity contribution >= 4 is 35.0 Å². The third kappa shape index (κ3) is 6.51. The van der Waals surface area contributed by atoms with Gasteiger partial charge in [-0.05, 0) is 43.3 Å². The minimum absolute atomic E-state index is 0.176. The van der Waals surface area contributed by atoms with Crippen LogP contribution in [-0.2, 0) is 16.0 Å². The van der Waals surface area contributed by atoms with E-state index in [1.807, 2.05) is 12.1 Å². The van der Waals surface area contributed by atoms with Gasteiger partial charge in [-0.25, -0.2) is 0 Å². The number of nitrogens with one attached hydrogen (secondary N) is 1. The average Bonchev–Trinajstić information content (AvgIpc) is 2.38. The van der Waals surface area contributed by atoms with Crippen LogP contribution in [0.15, 0.2) is 24.3 Å². The van der Waals surface area contributed by atoms with Crippen molar-refractivity contribution in [2.24, 2.45) is 5.73 Å². The lowest BCUT2D eigenvalue weighted by atomic mass is 10.1. The zero-order chi connectivity index (χ0) is 16.7. The first kappa shape index (κ1) is 17.9. The average molecular weight is 325 g/mol. The first-order valence-electron chi connectivity index (χ1n) is 6.61. The van der Waals surface area contributed by atoms with E-state index in [2.05, 4.69) is 5.32 Å². The quantitative estimate of drug-likeness (QED) is 0.517. The highest BCUT2D eigenvalue weighted by Crippen LogP contribution is 2.13. The molecule has 120 valence electrons. The minimum atomic E-state index is -1.05. The second kappa shape index (κ2) is 8.30. The Morgan fingerprint density at radius 1 is 1.23 bits per heavy atom. The van der Waals surface area contributed by atoms with E-state index in [-0.39, 0.29) is 24.2 Å². The molecule has 0 saturated heterocycles. The molecule has 1 aromatic carbocycles. The third-order valence-electron chi connectivity index (χ3n) is 3.05. The molecule has 1 rings (SSSR count). The first-order chi connectivity index (χ1) is 10.3. The Balaban J connectivity index is 2.71. The van der Waals surface area contributed by atoms with Crippen LogP contribution in [0.4, 0.5) is 5.69 Å². The second-order valence-electron chi connectivity index (χ2n) is 4.93. The zero-order valence-corrected chi connectivity index (χ0v) is 13.0. The van der Waals surface area contributed by atoms with Gasteiger partial charge < -0.3 is 21.3 Å². The number of carboxylic acids is 2. The van der Waals surface area contributed by atoms with Crippen LogP contribution in [0.2, 0.25) is 0 Å². The smallest absolute Gasteiger partial charge is 0.317 e. The number of carbonyl (C=O) groups is 2. The Morgan fingerprint density at radius 3 is 2.14 bits per heavy atom. The Morgan fingerprint density at radius 2 is 1.73 bits per heavy atom. The van der Waals surface area contributed by atoms with Crippen LogP contribution in [-0.4, -0.2) is 51.3 Å². The molecule has 0 aliphatic rings. The number of nitrogens with zero attached hydrogens (tertiary/aromatic N) is 1. The number of hydrogen-bond donors (Lipinski definition) is 4. The van der Waals surface area contributed by atoms with Gasteiger partial charge in [0.1, 0.15) is 0 Å². The summed E-state index contributed by atoms with van der Waals surface area (Å²) in [6, 6.07) is 7.11. The van der Waals surface area contributed by atoms with Crippen molar-refractivity contribution in [3.05, 3.63) is 29.8 Å². The van der Waals surface area contributed by atoms with Crippen LogP contribution in [0.5, 0.6) is 0 Å². The van der Waals surface area contributed by atoms with E-state index in [4.69, 9.17) is 28.2 Å². The molecule has 7 nitrogen and oxygen atoms in total. The van der Waals surface area contributed by atoms with Crippen LogP contribution in [0.1, 0.15) is 12.5 Å². The van der Waals surface area contributed by atoms with E-state index >= 15 is 0 Å². The van der Waals surface area contributed by atoms with Crippen LogP contribution in [0, 0.1) is 0 Å². The Labute approximate surface area is 133 Å². The SMILES string of the molecule is CC(Cc1ccc(NC(N)=S)cc1)N(CC(=O)O)CC(=O)O. The lowest BCUT2D eigenvalue weighted by molar-refractivity contribution is -0.142. The number of anilines is 1. The van der Waals surface area contributed by atoms with Crippen LogP contribution < -0.4 is 11.1 Å². The first-order valence-corrected chi connectivity index (χ1v) is 7.01. The van der Waals surface area contributed by atoms with Crippen molar-refractivity contribution in [1.82, 2.24) is 4.90 Å². The molecule has 5 N–H and O–H groups in total. The third-order valence-corrected chi connectivity index (χ3v) is 3.15. The molecule has 1 aromatic rings. The summed E-state index contributed by atoms with van der Waals surface area (Å²) in [6.45, 7) is 1.18. The fraction of sp³-hybridized carbons (Fsp3) is 0.357. The van der Waals surface area contributed by atoms with Crippen LogP contribution in [0.3, 0.4) is 0 Å². The summed E-state index contributed by atoms with van der Waals surface area (Å²) in [5, 5.41) is 20.7. The molecule has 0 aliphatic heterocycles. The van der Waals surface area contributed by atoms with Crippen molar-refractivity contribution < 1.29 is 19.8 Å².